The number of aryl methyl sites for hydroxylation is 1. The van der Waals surface area contributed by atoms with Crippen molar-refractivity contribution < 1.29 is 4.79 Å². The fourth-order valence-corrected chi connectivity index (χ4v) is 3.97. The summed E-state index contributed by atoms with van der Waals surface area (Å²) in [7, 11) is 0. The molecule has 0 aliphatic rings. The van der Waals surface area contributed by atoms with Gasteiger partial charge in [0.1, 0.15) is 5.01 Å². The molecule has 1 amide bonds. The van der Waals surface area contributed by atoms with Gasteiger partial charge in [-0.25, -0.2) is 0 Å². The molecule has 6 nitrogen and oxygen atoms in total. The van der Waals surface area contributed by atoms with E-state index in [2.05, 4.69) is 43.5 Å². The zero-order chi connectivity index (χ0) is 18.8. The lowest BCUT2D eigenvalue weighted by Gasteiger charge is -2.07. The van der Waals surface area contributed by atoms with E-state index < -0.39 is 0 Å². The number of nitrogens with one attached hydrogen (secondary N) is 1. The van der Waals surface area contributed by atoms with E-state index in [1.54, 1.807) is 16.6 Å². The standard InChI is InChI=1S/C19H16BrN5OS/c1-2-5-16-22-23-19-25(16)24-18(27-19)13-7-4-9-15(11-13)21-17(26)12-6-3-8-14(20)10-12/h3-4,6-11H,2,5H2,1H3,(H,21,26). The SMILES string of the molecule is CCCc1nnc2sc(-c3cccc(NC(=O)c4cccc(Br)c4)c3)nn12. The molecule has 27 heavy (non-hydrogen) atoms. The number of fused-ring (bicyclic) bond motifs is 1. The Kier molecular flexibility index (Phi) is 5.00. The number of benzene rings is 2. The number of rotatable bonds is 5. The van der Waals surface area contributed by atoms with Gasteiger partial charge < -0.3 is 5.32 Å². The Labute approximate surface area is 168 Å². The predicted molar refractivity (Wildman–Crippen MR) is 110 cm³/mol. The van der Waals surface area contributed by atoms with Crippen LogP contribution in [0.25, 0.3) is 15.5 Å². The zero-order valence-corrected chi connectivity index (χ0v) is 16.9. The fraction of sp³-hybridized carbons (Fsp3) is 0.158. The molecule has 4 rings (SSSR count). The molecule has 0 fully saturated rings. The lowest BCUT2D eigenvalue weighted by atomic mass is 10.2. The van der Waals surface area contributed by atoms with E-state index in [0.29, 0.717) is 5.56 Å². The van der Waals surface area contributed by atoms with Crippen molar-refractivity contribution >= 4 is 43.8 Å². The lowest BCUT2D eigenvalue weighted by molar-refractivity contribution is 0.102. The first-order chi connectivity index (χ1) is 13.1. The second-order valence-electron chi connectivity index (χ2n) is 6.01. The molecule has 2 heterocycles. The number of aromatic nitrogens is 4. The molecular weight excluding hydrogens is 426 g/mol. The van der Waals surface area contributed by atoms with Crippen LogP contribution in [-0.2, 0) is 6.42 Å². The third-order valence-corrected chi connectivity index (χ3v) is 5.42. The average Bonchev–Trinajstić information content (AvgIpc) is 3.24. The first-order valence-corrected chi connectivity index (χ1v) is 10.1. The molecule has 0 unspecified atom stereocenters. The van der Waals surface area contributed by atoms with Gasteiger partial charge in [-0.3, -0.25) is 4.79 Å². The number of nitrogens with zero attached hydrogens (tertiary/aromatic N) is 4. The summed E-state index contributed by atoms with van der Waals surface area (Å²) in [5.74, 6) is 0.714. The van der Waals surface area contributed by atoms with Gasteiger partial charge in [0.15, 0.2) is 5.82 Å². The molecule has 0 atom stereocenters. The first kappa shape index (κ1) is 17.8. The van der Waals surface area contributed by atoms with E-state index in [4.69, 9.17) is 0 Å². The number of amides is 1. The quantitative estimate of drug-likeness (QED) is 0.481. The van der Waals surface area contributed by atoms with Crippen molar-refractivity contribution in [1.82, 2.24) is 19.8 Å². The number of anilines is 1. The van der Waals surface area contributed by atoms with Gasteiger partial charge in [-0.15, -0.1) is 10.2 Å². The maximum absolute atomic E-state index is 12.5. The van der Waals surface area contributed by atoms with Crippen molar-refractivity contribution in [2.24, 2.45) is 0 Å². The van der Waals surface area contributed by atoms with Crippen molar-refractivity contribution in [2.45, 2.75) is 19.8 Å². The summed E-state index contributed by atoms with van der Waals surface area (Å²) in [5, 5.41) is 16.8. The Hall–Kier alpha value is -2.58. The van der Waals surface area contributed by atoms with E-state index in [-0.39, 0.29) is 5.91 Å². The van der Waals surface area contributed by atoms with E-state index in [0.717, 1.165) is 44.4 Å². The van der Waals surface area contributed by atoms with Crippen molar-refractivity contribution in [2.75, 3.05) is 5.32 Å². The number of carbonyl (C=O) groups is 1. The highest BCUT2D eigenvalue weighted by atomic mass is 79.9. The topological polar surface area (TPSA) is 72.2 Å². The average molecular weight is 442 g/mol. The summed E-state index contributed by atoms with van der Waals surface area (Å²) >= 11 is 4.87. The van der Waals surface area contributed by atoms with Crippen molar-refractivity contribution in [3.05, 3.63) is 64.4 Å². The monoisotopic (exact) mass is 441 g/mol. The molecule has 2 aromatic heterocycles. The van der Waals surface area contributed by atoms with Crippen LogP contribution < -0.4 is 5.32 Å². The molecule has 136 valence electrons. The summed E-state index contributed by atoms with van der Waals surface area (Å²) < 4.78 is 2.67. The number of halogens is 1. The summed E-state index contributed by atoms with van der Waals surface area (Å²) in [6.07, 6.45) is 1.83. The van der Waals surface area contributed by atoms with E-state index in [1.165, 1.54) is 11.3 Å². The van der Waals surface area contributed by atoms with Crippen LogP contribution in [0, 0.1) is 0 Å². The largest absolute Gasteiger partial charge is 0.322 e. The summed E-state index contributed by atoms with van der Waals surface area (Å²) in [4.78, 5) is 13.2. The smallest absolute Gasteiger partial charge is 0.255 e. The predicted octanol–water partition coefficient (Wildman–Crippen LogP) is 4.82. The summed E-state index contributed by atoms with van der Waals surface area (Å²) in [6, 6.07) is 14.9. The molecule has 1 N–H and O–H groups in total. The van der Waals surface area contributed by atoms with Crippen molar-refractivity contribution in [3.63, 3.8) is 0 Å². The second kappa shape index (κ2) is 7.58. The van der Waals surface area contributed by atoms with Gasteiger partial charge in [-0.1, -0.05) is 52.4 Å². The lowest BCUT2D eigenvalue weighted by Crippen LogP contribution is -2.11. The molecular formula is C19H16BrN5OS. The number of hydrogen-bond donors (Lipinski definition) is 1. The minimum atomic E-state index is -0.156. The highest BCUT2D eigenvalue weighted by molar-refractivity contribution is 9.10. The first-order valence-electron chi connectivity index (χ1n) is 8.52. The Morgan fingerprint density at radius 3 is 2.85 bits per heavy atom. The molecule has 0 spiro atoms. The summed E-state index contributed by atoms with van der Waals surface area (Å²) in [5.41, 5.74) is 2.25. The van der Waals surface area contributed by atoms with Crippen molar-refractivity contribution in [1.29, 1.82) is 0 Å². The fourth-order valence-electron chi connectivity index (χ4n) is 2.72. The van der Waals surface area contributed by atoms with Crippen LogP contribution in [0.3, 0.4) is 0 Å². The molecule has 4 aromatic rings. The summed E-state index contributed by atoms with van der Waals surface area (Å²) in [6.45, 7) is 2.10. The van der Waals surface area contributed by atoms with Crippen LogP contribution in [0.2, 0.25) is 0 Å². The minimum Gasteiger partial charge on any atom is -0.322 e. The molecule has 0 bridgehead atoms. The van der Waals surface area contributed by atoms with Gasteiger partial charge >= 0.3 is 0 Å². The minimum absolute atomic E-state index is 0.156. The zero-order valence-electron chi connectivity index (χ0n) is 14.5. The van der Waals surface area contributed by atoms with Crippen molar-refractivity contribution in [3.8, 4) is 10.6 Å². The van der Waals surface area contributed by atoms with E-state index in [9.17, 15) is 4.79 Å². The van der Waals surface area contributed by atoms with Crippen LogP contribution in [0.5, 0.6) is 0 Å². The molecule has 8 heteroatoms. The Bertz CT molecular complexity index is 1120. The normalized spacial score (nSPS) is 11.0. The third-order valence-electron chi connectivity index (χ3n) is 3.98. The van der Waals surface area contributed by atoms with Crippen LogP contribution in [0.15, 0.2) is 53.0 Å². The van der Waals surface area contributed by atoms with Gasteiger partial charge in [0.05, 0.1) is 0 Å². The van der Waals surface area contributed by atoms with Crippen LogP contribution in [0.4, 0.5) is 5.69 Å². The molecule has 0 aliphatic heterocycles. The van der Waals surface area contributed by atoms with Gasteiger partial charge in [-0.05, 0) is 36.8 Å². The second-order valence-corrected chi connectivity index (χ2v) is 7.88. The molecule has 0 aliphatic carbocycles. The van der Waals surface area contributed by atoms with Gasteiger partial charge in [-0.2, -0.15) is 9.61 Å². The molecule has 2 aromatic carbocycles. The Morgan fingerprint density at radius 2 is 2.04 bits per heavy atom. The number of hydrogen-bond acceptors (Lipinski definition) is 5. The van der Waals surface area contributed by atoms with Gasteiger partial charge in [0.2, 0.25) is 4.96 Å². The maximum atomic E-state index is 12.5. The highest BCUT2D eigenvalue weighted by Gasteiger charge is 2.13. The highest BCUT2D eigenvalue weighted by Crippen LogP contribution is 2.28. The Balaban J connectivity index is 1.60. The maximum Gasteiger partial charge on any atom is 0.255 e. The van der Waals surface area contributed by atoms with Gasteiger partial charge in [0.25, 0.3) is 5.91 Å². The Morgan fingerprint density at radius 1 is 1.19 bits per heavy atom. The van der Waals surface area contributed by atoms with Crippen LogP contribution in [0.1, 0.15) is 29.5 Å². The molecule has 0 saturated carbocycles. The van der Waals surface area contributed by atoms with E-state index >= 15 is 0 Å². The van der Waals surface area contributed by atoms with Crippen LogP contribution >= 0.6 is 27.3 Å². The van der Waals surface area contributed by atoms with Crippen LogP contribution in [-0.4, -0.2) is 25.7 Å². The molecule has 0 saturated heterocycles. The molecule has 0 radical (unpaired) electrons. The van der Waals surface area contributed by atoms with E-state index in [1.807, 2.05) is 36.4 Å². The third kappa shape index (κ3) is 3.77. The number of carbonyl (C=O) groups excluding carboxylic acids is 1. The van der Waals surface area contributed by atoms with Gasteiger partial charge in [0, 0.05) is 27.7 Å².